The average molecular weight is 588 g/mol. The summed E-state index contributed by atoms with van der Waals surface area (Å²) in [6, 6.07) is 10.2. The van der Waals surface area contributed by atoms with Crippen molar-refractivity contribution in [2.45, 2.75) is 0 Å². The number of benzene rings is 3. The smallest absolute Gasteiger partial charge is 0.163 e. The van der Waals surface area contributed by atoms with Crippen molar-refractivity contribution in [3.05, 3.63) is 87.6 Å². The Balaban J connectivity index is 0.000000336. The molecule has 0 aliphatic carbocycles. The zero-order valence-electron chi connectivity index (χ0n) is 20.7. The molecule has 40 heavy (non-hydrogen) atoms. The monoisotopic (exact) mass is 587 g/mol. The first-order valence-electron chi connectivity index (χ1n) is 11.5. The number of nitrogens with one attached hydrogen (secondary N) is 1. The van der Waals surface area contributed by atoms with E-state index < -0.39 is 0 Å². The first-order valence-corrected chi connectivity index (χ1v) is 12.3. The van der Waals surface area contributed by atoms with Crippen LogP contribution in [0.3, 0.4) is 0 Å². The van der Waals surface area contributed by atoms with Crippen LogP contribution in [0.5, 0.6) is 34.5 Å². The van der Waals surface area contributed by atoms with Gasteiger partial charge < -0.3 is 34.8 Å². The molecular weight excluding hydrogens is 565 g/mol. The van der Waals surface area contributed by atoms with E-state index in [2.05, 4.69) is 5.32 Å². The van der Waals surface area contributed by atoms with Gasteiger partial charge in [0.15, 0.2) is 24.1 Å². The number of carbonyl (C=O) groups is 3. The van der Waals surface area contributed by atoms with Crippen molar-refractivity contribution in [3.8, 4) is 34.5 Å². The third-order valence-electron chi connectivity index (χ3n) is 5.18. The maximum Gasteiger partial charge on any atom is 0.163 e. The van der Waals surface area contributed by atoms with E-state index >= 15 is 0 Å². The molecule has 1 aliphatic heterocycles. The summed E-state index contributed by atoms with van der Waals surface area (Å²) in [6.45, 7) is 0.988. The van der Waals surface area contributed by atoms with Crippen LogP contribution >= 0.6 is 23.2 Å². The molecule has 0 fully saturated rings. The van der Waals surface area contributed by atoms with E-state index in [1.54, 1.807) is 18.4 Å². The van der Waals surface area contributed by atoms with Crippen LogP contribution in [0.1, 0.15) is 20.7 Å². The lowest BCUT2D eigenvalue weighted by Crippen LogP contribution is -2.15. The number of phenols is 3. The van der Waals surface area contributed by atoms with E-state index in [1.165, 1.54) is 18.2 Å². The molecule has 0 spiro atoms. The van der Waals surface area contributed by atoms with Crippen LogP contribution in [0.4, 0.5) is 5.69 Å². The van der Waals surface area contributed by atoms with Crippen LogP contribution in [0.25, 0.3) is 0 Å². The van der Waals surface area contributed by atoms with Crippen molar-refractivity contribution in [2.24, 2.45) is 0 Å². The van der Waals surface area contributed by atoms with Crippen molar-refractivity contribution in [2.75, 3.05) is 25.1 Å². The molecule has 208 valence electrons. The number of anilines is 1. The lowest BCUT2D eigenvalue weighted by Gasteiger charge is -2.18. The molecule has 0 saturated carbocycles. The lowest BCUT2D eigenvalue weighted by molar-refractivity contribution is -0.105. The highest BCUT2D eigenvalue weighted by Crippen LogP contribution is 2.33. The fourth-order valence-corrected chi connectivity index (χ4v) is 3.55. The fraction of sp³-hybridized carbons (Fsp3) is 0.107. The Morgan fingerprint density at radius 3 is 2.17 bits per heavy atom. The molecule has 0 amide bonds. The van der Waals surface area contributed by atoms with Gasteiger partial charge in [-0.05, 0) is 30.3 Å². The highest BCUT2D eigenvalue weighted by molar-refractivity contribution is 6.32. The Kier molecular flexibility index (Phi) is 10.8. The number of hydrogen-bond acceptors (Lipinski definition) is 10. The Labute approximate surface area is 238 Å². The van der Waals surface area contributed by atoms with E-state index in [0.29, 0.717) is 49.1 Å². The quantitative estimate of drug-likeness (QED) is 0.147. The SMILES string of the molecule is O=C/C(=C\C=C/Nc1ccc2c(c1)OCCO2)COc1cc(O)c(C=O)cc1Cl.O=Cc1cc(Cl)c(O)cc1O. The number of aldehydes is 3. The summed E-state index contributed by atoms with van der Waals surface area (Å²) in [5.41, 5.74) is 1.27. The number of halogens is 2. The number of rotatable bonds is 9. The molecule has 0 unspecified atom stereocenters. The van der Waals surface area contributed by atoms with E-state index in [4.69, 9.17) is 47.6 Å². The topological polar surface area (TPSA) is 152 Å². The second kappa shape index (κ2) is 14.5. The Hall–Kier alpha value is -4.67. The number of fused-ring (bicyclic) bond motifs is 1. The zero-order chi connectivity index (χ0) is 29.1. The minimum atomic E-state index is -0.276. The van der Waals surface area contributed by atoms with Gasteiger partial charge in [0, 0.05) is 35.7 Å². The number of hydrogen-bond donors (Lipinski definition) is 4. The van der Waals surface area contributed by atoms with Gasteiger partial charge in [-0.3, -0.25) is 14.4 Å². The standard InChI is InChI=1S/C21H18ClNO6.C7H5ClO3/c22-17-8-15(12-25)18(26)10-20(17)29-13-14(11-24)2-1-5-23-16-3-4-19-21(9-16)28-7-6-27-19;8-5-1-4(3-9)6(10)2-7(5)11/h1-5,8-12,23,26H,6-7,13H2;1-3,10-11H/b5-1-,14-2+;. The molecule has 4 rings (SSSR count). The normalized spacial score (nSPS) is 12.2. The van der Waals surface area contributed by atoms with Crippen molar-refractivity contribution in [1.29, 1.82) is 0 Å². The molecule has 4 N–H and O–H groups in total. The number of phenolic OH excluding ortho intramolecular Hbond substituents is 3. The highest BCUT2D eigenvalue weighted by Gasteiger charge is 2.11. The summed E-state index contributed by atoms with van der Waals surface area (Å²) < 4.78 is 16.4. The van der Waals surface area contributed by atoms with E-state index in [1.807, 2.05) is 18.2 Å². The van der Waals surface area contributed by atoms with Crippen LogP contribution in [-0.4, -0.2) is 54.0 Å². The van der Waals surface area contributed by atoms with Crippen LogP contribution < -0.4 is 19.5 Å². The van der Waals surface area contributed by atoms with Gasteiger partial charge in [0.05, 0.1) is 21.2 Å². The molecule has 3 aromatic rings. The van der Waals surface area contributed by atoms with Crippen molar-refractivity contribution < 1.29 is 43.9 Å². The summed E-state index contributed by atoms with van der Waals surface area (Å²) >= 11 is 11.5. The van der Waals surface area contributed by atoms with E-state index in [0.717, 1.165) is 11.8 Å². The van der Waals surface area contributed by atoms with Gasteiger partial charge in [0.25, 0.3) is 0 Å². The summed E-state index contributed by atoms with van der Waals surface area (Å²) in [7, 11) is 0. The molecule has 0 atom stereocenters. The summed E-state index contributed by atoms with van der Waals surface area (Å²) in [5.74, 6) is 0.780. The Morgan fingerprint density at radius 1 is 0.850 bits per heavy atom. The fourth-order valence-electron chi connectivity index (χ4n) is 3.16. The zero-order valence-corrected chi connectivity index (χ0v) is 22.2. The van der Waals surface area contributed by atoms with Gasteiger partial charge in [0.1, 0.15) is 49.1 Å². The predicted octanol–water partition coefficient (Wildman–Crippen LogP) is 5.32. The summed E-state index contributed by atoms with van der Waals surface area (Å²) in [5, 5.41) is 30.9. The van der Waals surface area contributed by atoms with Crippen LogP contribution in [-0.2, 0) is 4.79 Å². The van der Waals surface area contributed by atoms with Crippen molar-refractivity contribution in [3.63, 3.8) is 0 Å². The van der Waals surface area contributed by atoms with Crippen LogP contribution in [0.15, 0.2) is 66.4 Å². The average Bonchev–Trinajstić information content (AvgIpc) is 2.96. The van der Waals surface area contributed by atoms with Gasteiger partial charge in [-0.1, -0.05) is 29.3 Å². The minimum absolute atomic E-state index is 0.0462. The lowest BCUT2D eigenvalue weighted by atomic mass is 10.2. The molecule has 10 nitrogen and oxygen atoms in total. The van der Waals surface area contributed by atoms with E-state index in [-0.39, 0.29) is 50.8 Å². The Morgan fingerprint density at radius 2 is 1.50 bits per heavy atom. The largest absolute Gasteiger partial charge is 0.507 e. The van der Waals surface area contributed by atoms with Gasteiger partial charge >= 0.3 is 0 Å². The predicted molar refractivity (Wildman–Crippen MR) is 149 cm³/mol. The molecule has 3 aromatic carbocycles. The second-order valence-electron chi connectivity index (χ2n) is 7.95. The maximum atomic E-state index is 11.2. The van der Waals surface area contributed by atoms with Gasteiger partial charge in [-0.15, -0.1) is 0 Å². The third kappa shape index (κ3) is 8.16. The molecule has 1 heterocycles. The van der Waals surface area contributed by atoms with Gasteiger partial charge in [0.2, 0.25) is 0 Å². The first-order chi connectivity index (χ1) is 19.2. The molecule has 0 aromatic heterocycles. The number of aromatic hydroxyl groups is 3. The van der Waals surface area contributed by atoms with Crippen molar-refractivity contribution >= 4 is 47.7 Å². The molecular formula is C28H23Cl2NO9. The van der Waals surface area contributed by atoms with Crippen molar-refractivity contribution in [1.82, 2.24) is 0 Å². The maximum absolute atomic E-state index is 11.2. The molecule has 0 bridgehead atoms. The number of carbonyl (C=O) groups excluding carboxylic acids is 3. The Bertz CT molecular complexity index is 1450. The van der Waals surface area contributed by atoms with Crippen LogP contribution in [0, 0.1) is 0 Å². The van der Waals surface area contributed by atoms with E-state index in [9.17, 15) is 19.5 Å². The summed E-state index contributed by atoms with van der Waals surface area (Å²) in [4.78, 5) is 32.2. The molecule has 1 aliphatic rings. The highest BCUT2D eigenvalue weighted by atomic mass is 35.5. The van der Waals surface area contributed by atoms with Gasteiger partial charge in [-0.25, -0.2) is 0 Å². The summed E-state index contributed by atoms with van der Waals surface area (Å²) in [6.07, 6.45) is 6.49. The molecule has 0 saturated heterocycles. The van der Waals surface area contributed by atoms with Crippen LogP contribution in [0.2, 0.25) is 10.0 Å². The van der Waals surface area contributed by atoms with Gasteiger partial charge in [-0.2, -0.15) is 0 Å². The molecule has 0 radical (unpaired) electrons. The minimum Gasteiger partial charge on any atom is -0.507 e. The number of ether oxygens (including phenoxy) is 3. The molecule has 12 heteroatoms. The third-order valence-corrected chi connectivity index (χ3v) is 5.77. The first kappa shape index (κ1) is 29.9. The second-order valence-corrected chi connectivity index (χ2v) is 8.76. The number of allylic oxidation sites excluding steroid dienone is 2.